The fourth-order valence-corrected chi connectivity index (χ4v) is 3.53. The third-order valence-corrected chi connectivity index (χ3v) is 5.52. The lowest BCUT2D eigenvalue weighted by atomic mass is 10.0. The molecule has 4 nitrogen and oxygen atoms in total. The van der Waals surface area contributed by atoms with Crippen molar-refractivity contribution in [3.8, 4) is 0 Å². The van der Waals surface area contributed by atoms with Gasteiger partial charge in [0.2, 0.25) is 0 Å². The van der Waals surface area contributed by atoms with Gasteiger partial charge in [-0.3, -0.25) is 4.79 Å². The third kappa shape index (κ3) is 29.6. The average Bonchev–Trinajstić information content (AvgIpc) is 2.70. The Balaban J connectivity index is 0. The highest BCUT2D eigenvalue weighted by atomic mass is 16.4. The Hall–Kier alpha value is -0.610. The van der Waals surface area contributed by atoms with Gasteiger partial charge in [-0.1, -0.05) is 110 Å². The van der Waals surface area contributed by atoms with Gasteiger partial charge in [0.05, 0.1) is 0 Å². The molecule has 0 saturated carbocycles. The summed E-state index contributed by atoms with van der Waals surface area (Å²) >= 11 is 0. The van der Waals surface area contributed by atoms with E-state index in [1.165, 1.54) is 109 Å². The number of hydrogen-bond donors (Lipinski definition) is 2. The van der Waals surface area contributed by atoms with E-state index in [0.29, 0.717) is 0 Å². The topological polar surface area (TPSA) is 52.6 Å². The fourth-order valence-electron chi connectivity index (χ4n) is 3.53. The number of rotatable bonds is 21. The molecular weight excluding hydrogens is 372 g/mol. The molecule has 30 heavy (non-hydrogen) atoms. The Morgan fingerprint density at radius 2 is 1.07 bits per heavy atom. The summed E-state index contributed by atoms with van der Waals surface area (Å²) in [6, 6.07) is -0.415. The Kier molecular flexibility index (Phi) is 27.8. The molecular formula is C26H56N2O2. The number of hydrogen-bond acceptors (Lipinski definition) is 3. The lowest BCUT2D eigenvalue weighted by Crippen LogP contribution is -2.34. The van der Waals surface area contributed by atoms with Crippen LogP contribution in [0.15, 0.2) is 0 Å². The van der Waals surface area contributed by atoms with Crippen molar-refractivity contribution in [3.63, 3.8) is 0 Å². The van der Waals surface area contributed by atoms with Crippen LogP contribution in [0.25, 0.3) is 0 Å². The Labute approximate surface area is 189 Å². The first-order valence-corrected chi connectivity index (χ1v) is 13.1. The van der Waals surface area contributed by atoms with Crippen LogP contribution in [0.2, 0.25) is 0 Å². The van der Waals surface area contributed by atoms with Gasteiger partial charge in [-0.25, -0.2) is 0 Å². The van der Waals surface area contributed by atoms with Gasteiger partial charge in [0.15, 0.2) is 0 Å². The summed E-state index contributed by atoms with van der Waals surface area (Å²) in [4.78, 5) is 12.8. The molecule has 0 aliphatic rings. The standard InChI is InChI=1S/C21H43NO2.C5H13N/c1-3-4-5-6-7-8-9-10-11-12-13-14-15-16-17-18-19-22-20(2)21(23)24;1-4-5-6(2)3/h20,22H,3-19H2,1-2H3,(H,23,24);4-5H2,1-3H3. The minimum atomic E-state index is -0.758. The summed E-state index contributed by atoms with van der Waals surface area (Å²) in [5, 5.41) is 11.8. The van der Waals surface area contributed by atoms with Crippen molar-refractivity contribution < 1.29 is 9.90 Å². The zero-order valence-corrected chi connectivity index (χ0v) is 21.3. The first-order valence-electron chi connectivity index (χ1n) is 13.1. The molecule has 0 aliphatic heterocycles. The van der Waals surface area contributed by atoms with E-state index >= 15 is 0 Å². The molecule has 0 bridgehead atoms. The number of carboxylic acids is 1. The summed E-state index contributed by atoms with van der Waals surface area (Å²) in [7, 11) is 4.17. The van der Waals surface area contributed by atoms with Crippen molar-refractivity contribution in [1.82, 2.24) is 10.2 Å². The molecule has 1 unspecified atom stereocenters. The van der Waals surface area contributed by atoms with E-state index in [0.717, 1.165) is 13.0 Å². The minimum Gasteiger partial charge on any atom is -0.480 e. The number of unbranched alkanes of at least 4 members (excludes halogenated alkanes) is 15. The summed E-state index contributed by atoms with van der Waals surface area (Å²) in [5.74, 6) is -0.758. The fraction of sp³-hybridized carbons (Fsp3) is 0.962. The molecule has 0 aromatic carbocycles. The molecule has 4 heteroatoms. The summed E-state index contributed by atoms with van der Waals surface area (Å²) in [5.41, 5.74) is 0. The van der Waals surface area contributed by atoms with E-state index in [2.05, 4.69) is 38.2 Å². The van der Waals surface area contributed by atoms with E-state index in [1.54, 1.807) is 6.92 Å². The largest absolute Gasteiger partial charge is 0.480 e. The molecule has 0 aliphatic carbocycles. The van der Waals surface area contributed by atoms with Crippen LogP contribution in [0, 0.1) is 0 Å². The Morgan fingerprint density at radius 3 is 1.33 bits per heavy atom. The van der Waals surface area contributed by atoms with Crippen LogP contribution in [0.3, 0.4) is 0 Å². The number of carbonyl (C=O) groups is 1. The van der Waals surface area contributed by atoms with Crippen molar-refractivity contribution in [2.45, 2.75) is 136 Å². The molecule has 1 atom stereocenters. The lowest BCUT2D eigenvalue weighted by Gasteiger charge is -2.08. The van der Waals surface area contributed by atoms with Crippen LogP contribution in [-0.2, 0) is 4.79 Å². The van der Waals surface area contributed by atoms with Gasteiger partial charge < -0.3 is 15.3 Å². The smallest absolute Gasteiger partial charge is 0.320 e. The van der Waals surface area contributed by atoms with Gasteiger partial charge in [0.1, 0.15) is 6.04 Å². The predicted molar refractivity (Wildman–Crippen MR) is 133 cm³/mol. The maximum Gasteiger partial charge on any atom is 0.320 e. The van der Waals surface area contributed by atoms with Crippen LogP contribution in [0.4, 0.5) is 0 Å². The first kappa shape index (κ1) is 31.6. The quantitative estimate of drug-likeness (QED) is 0.189. The molecule has 0 radical (unpaired) electrons. The van der Waals surface area contributed by atoms with E-state index in [4.69, 9.17) is 5.11 Å². The Morgan fingerprint density at radius 1 is 0.700 bits per heavy atom. The normalized spacial score (nSPS) is 11.9. The highest BCUT2D eigenvalue weighted by Crippen LogP contribution is 2.13. The number of carboxylic acid groups (broad SMARTS) is 1. The van der Waals surface area contributed by atoms with Crippen LogP contribution >= 0.6 is 0 Å². The second-order valence-electron chi connectivity index (χ2n) is 9.12. The first-order chi connectivity index (χ1) is 14.5. The maximum absolute atomic E-state index is 10.6. The average molecular weight is 429 g/mol. The van der Waals surface area contributed by atoms with E-state index in [-0.39, 0.29) is 0 Å². The van der Waals surface area contributed by atoms with Crippen molar-refractivity contribution in [2.75, 3.05) is 27.2 Å². The molecule has 0 aromatic rings. The molecule has 0 rings (SSSR count). The molecule has 0 saturated heterocycles. The van der Waals surface area contributed by atoms with E-state index in [1.807, 2.05) is 0 Å². The summed E-state index contributed by atoms with van der Waals surface area (Å²) in [6.07, 6.45) is 23.2. The highest BCUT2D eigenvalue weighted by molar-refractivity contribution is 5.72. The van der Waals surface area contributed by atoms with Crippen LogP contribution in [0.1, 0.15) is 130 Å². The molecule has 182 valence electrons. The summed E-state index contributed by atoms with van der Waals surface area (Å²) in [6.45, 7) is 8.20. The van der Waals surface area contributed by atoms with E-state index < -0.39 is 12.0 Å². The second kappa shape index (κ2) is 26.4. The van der Waals surface area contributed by atoms with Gasteiger partial charge in [0.25, 0.3) is 0 Å². The van der Waals surface area contributed by atoms with Gasteiger partial charge in [-0.15, -0.1) is 0 Å². The van der Waals surface area contributed by atoms with Crippen molar-refractivity contribution in [2.24, 2.45) is 0 Å². The molecule has 0 fully saturated rings. The van der Waals surface area contributed by atoms with Gasteiger partial charge in [0, 0.05) is 0 Å². The van der Waals surface area contributed by atoms with Gasteiger partial charge in [-0.05, 0) is 47.0 Å². The summed E-state index contributed by atoms with van der Waals surface area (Å²) < 4.78 is 0. The number of aliphatic carboxylic acids is 1. The van der Waals surface area contributed by atoms with E-state index in [9.17, 15) is 4.79 Å². The molecule has 0 spiro atoms. The molecule has 2 N–H and O–H groups in total. The number of nitrogens with one attached hydrogen (secondary N) is 1. The maximum atomic E-state index is 10.6. The van der Waals surface area contributed by atoms with Crippen molar-refractivity contribution in [1.29, 1.82) is 0 Å². The predicted octanol–water partition coefficient (Wildman–Crippen LogP) is 7.27. The molecule has 0 aromatic heterocycles. The lowest BCUT2D eigenvalue weighted by molar-refractivity contribution is -0.138. The third-order valence-electron chi connectivity index (χ3n) is 5.52. The van der Waals surface area contributed by atoms with Crippen molar-refractivity contribution in [3.05, 3.63) is 0 Å². The van der Waals surface area contributed by atoms with Crippen molar-refractivity contribution >= 4 is 5.97 Å². The van der Waals surface area contributed by atoms with Crippen LogP contribution in [0.5, 0.6) is 0 Å². The van der Waals surface area contributed by atoms with Gasteiger partial charge >= 0.3 is 5.97 Å². The zero-order chi connectivity index (χ0) is 22.9. The van der Waals surface area contributed by atoms with Gasteiger partial charge in [-0.2, -0.15) is 0 Å². The van der Waals surface area contributed by atoms with Crippen LogP contribution in [-0.4, -0.2) is 49.2 Å². The number of nitrogens with zero attached hydrogens (tertiary/aromatic N) is 1. The highest BCUT2D eigenvalue weighted by Gasteiger charge is 2.07. The molecule has 0 heterocycles. The zero-order valence-electron chi connectivity index (χ0n) is 21.3. The van der Waals surface area contributed by atoms with Crippen LogP contribution < -0.4 is 5.32 Å². The molecule has 0 amide bonds. The Bertz CT molecular complexity index is 335. The SMILES string of the molecule is CCCCCCCCCCCCCCCCCCNC(C)C(=O)O.CCCN(C)C. The minimum absolute atomic E-state index is 0.415. The monoisotopic (exact) mass is 428 g/mol. The second-order valence-corrected chi connectivity index (χ2v) is 9.12.